The van der Waals surface area contributed by atoms with E-state index in [9.17, 15) is 39.6 Å². The molecule has 1 saturated carbocycles. The lowest BCUT2D eigenvalue weighted by Crippen LogP contribution is -2.61. The number of aryl methyl sites for hydroxylation is 1. The van der Waals surface area contributed by atoms with E-state index in [1.54, 1.807) is 51.4 Å². The van der Waals surface area contributed by atoms with Crippen molar-refractivity contribution in [1.29, 1.82) is 0 Å². The van der Waals surface area contributed by atoms with Gasteiger partial charge in [0.25, 0.3) is 11.7 Å². The van der Waals surface area contributed by atoms with Crippen LogP contribution in [0.4, 0.5) is 5.82 Å². The Bertz CT molecular complexity index is 4190. The molecule has 124 heavy (non-hydrogen) atoms. The minimum Gasteiger partial charge on any atom is -0.495 e. The smallest absolute Gasteiger partial charge is 0.329 e. The highest BCUT2D eigenvalue weighted by molar-refractivity contribution is 6.39. The van der Waals surface area contributed by atoms with Crippen LogP contribution in [0.3, 0.4) is 0 Å². The number of ketones is 2. The first-order chi connectivity index (χ1) is 60.0. The number of H-pyrrole nitrogens is 1. The summed E-state index contributed by atoms with van der Waals surface area (Å²) in [5.74, 6) is -6.41. The van der Waals surface area contributed by atoms with Crippen molar-refractivity contribution in [3.8, 4) is 11.3 Å². The molecule has 33 nitrogen and oxygen atoms in total. The number of ether oxygens (including phenoxy) is 14. The van der Waals surface area contributed by atoms with Crippen LogP contribution >= 0.6 is 0 Å². The maximum atomic E-state index is 14.7. The number of carbonyl (C=O) groups excluding carboxylic acids is 4. The molecule has 5 aromatic rings. The molecular weight excluding hydrogens is 1600 g/mol. The maximum Gasteiger partial charge on any atom is 0.329 e. The van der Waals surface area contributed by atoms with E-state index in [1.165, 1.54) is 18.3 Å². The topological polar surface area (TPSA) is 411 Å². The second-order valence-corrected chi connectivity index (χ2v) is 33.5. The number of nitrogens with one attached hydrogen (secondary N) is 1. The average Bonchev–Trinajstić information content (AvgIpc) is 1.59. The minimum absolute atomic E-state index is 0.00231. The third-order valence-corrected chi connectivity index (χ3v) is 24.0. The summed E-state index contributed by atoms with van der Waals surface area (Å²) < 4.78 is 85.6. The molecular formula is C91H139N11O22. The summed E-state index contributed by atoms with van der Waals surface area (Å²) in [7, 11) is 4.71. The zero-order valence-corrected chi connectivity index (χ0v) is 74.6. The Morgan fingerprint density at radius 3 is 2.09 bits per heavy atom. The van der Waals surface area contributed by atoms with Gasteiger partial charge in [0.1, 0.15) is 65.9 Å². The van der Waals surface area contributed by atoms with Gasteiger partial charge >= 0.3 is 5.97 Å². The molecule has 0 unspecified atom stereocenters. The number of pyridine rings is 1. The number of hydrogen-bond donors (Lipinski definition) is 6. The molecule has 2 bridgehead atoms. The first-order valence-corrected chi connectivity index (χ1v) is 44.5. The van der Waals surface area contributed by atoms with Crippen molar-refractivity contribution in [2.45, 2.75) is 238 Å². The number of aliphatic hydroxyl groups excluding tert-OH is 3. The van der Waals surface area contributed by atoms with Crippen LogP contribution in [-0.4, -0.2) is 288 Å². The van der Waals surface area contributed by atoms with Crippen LogP contribution in [0.15, 0.2) is 96.5 Å². The van der Waals surface area contributed by atoms with Crippen molar-refractivity contribution in [2.24, 2.45) is 35.5 Å². The fraction of sp³-hybridized carbons (Fsp3) is 0.692. The predicted octanol–water partition coefficient (Wildman–Crippen LogP) is 9.71. The third kappa shape index (κ3) is 31.1. The molecule has 9 rings (SSSR count). The van der Waals surface area contributed by atoms with Crippen LogP contribution in [0.5, 0.6) is 0 Å². The van der Waals surface area contributed by atoms with E-state index in [1.807, 2.05) is 74.2 Å². The molecule has 3 aliphatic heterocycles. The number of aromatic nitrogens is 9. The Balaban J connectivity index is 0.643. The number of unbranched alkanes of at least 4 members (excludes halogenated alkanes) is 2. The van der Waals surface area contributed by atoms with Crippen molar-refractivity contribution in [3.63, 3.8) is 0 Å². The standard InChI is InChI=1S/C91H139N11O22/c1-61-19-13-11-14-20-62(2)78(111-8)54-73-25-23-67(7)91(110,124-73)85(107)89(108)101-30-18-16-22-75(101)90(109)123-79(65(5)51-68-24-26-76(104)80(52-68)112-9)55-77(105)64(4)50-66(6)83(106)84(113-10)74(63(3)49-61)59-122-58-71-57-100(99-97-71)32-34-115-36-38-117-40-42-119-44-46-121-48-47-120-45-43-118-41-39-116-37-35-114-33-28-72(103)21-15-12-17-31-102-88-81(86(92)95-60-96-88)82(98-102)70-53-69-27-29-93-87(69)94-56-70/h11,13-14,19-20,27,29,50,53,56-57,59-61,63-65,67-68,73,75-80,83-84,104-106,110H,12,15-18,21-26,28,30-49,51-52,54-55,58H2,1-10H3,(H,93,94)(H2,92,95,96)/b14-11+,19-13+,62-20+,66-50+,74-59?/t61-,63-,64-,65-,67-,68+,73+,75+,76-,77-,78+,79+,80-,83-,84+,91-/m1/s1. The summed E-state index contributed by atoms with van der Waals surface area (Å²) in [6, 6.07) is 2.84. The lowest BCUT2D eigenvalue weighted by Gasteiger charge is -2.43. The quantitative estimate of drug-likeness (QED) is 0.00694. The van der Waals surface area contributed by atoms with Gasteiger partial charge in [-0.15, -0.1) is 5.10 Å². The van der Waals surface area contributed by atoms with Crippen molar-refractivity contribution >= 4 is 51.3 Å². The first kappa shape index (κ1) is 100. The Kier molecular flexibility index (Phi) is 42.9. The summed E-state index contributed by atoms with van der Waals surface area (Å²) in [5.41, 5.74) is 12.0. The van der Waals surface area contributed by atoms with Crippen LogP contribution in [0, 0.1) is 35.5 Å². The largest absolute Gasteiger partial charge is 0.495 e. The second-order valence-electron chi connectivity index (χ2n) is 33.5. The molecule has 690 valence electrons. The van der Waals surface area contributed by atoms with E-state index in [-0.39, 0.29) is 61.6 Å². The molecule has 16 atom stereocenters. The zero-order valence-electron chi connectivity index (χ0n) is 74.6. The number of nitrogens with zero attached hydrogens (tertiary/aromatic N) is 9. The third-order valence-electron chi connectivity index (χ3n) is 24.0. The number of aromatic amines is 1. The van der Waals surface area contributed by atoms with E-state index in [0.29, 0.717) is 229 Å². The van der Waals surface area contributed by atoms with Crippen molar-refractivity contribution in [2.75, 3.05) is 139 Å². The number of aliphatic hydroxyl groups is 4. The van der Waals surface area contributed by atoms with Crippen LogP contribution < -0.4 is 5.73 Å². The lowest BCUT2D eigenvalue weighted by molar-refractivity contribution is -0.265. The normalized spacial score (nSPS) is 27.8. The number of allylic oxidation sites excluding steroid dienone is 5. The Labute approximate surface area is 729 Å². The van der Waals surface area contributed by atoms with Crippen LogP contribution in [0.25, 0.3) is 33.3 Å². The molecule has 33 heteroatoms. The van der Waals surface area contributed by atoms with Crippen LogP contribution in [0.1, 0.15) is 163 Å². The van der Waals surface area contributed by atoms with Gasteiger partial charge in [-0.1, -0.05) is 82.7 Å². The molecule has 1 aliphatic carbocycles. The van der Waals surface area contributed by atoms with Crippen LogP contribution in [-0.2, 0) is 105 Å². The molecule has 1 amide bonds. The molecule has 8 heterocycles. The highest BCUT2D eigenvalue weighted by Gasteiger charge is 2.53. The van der Waals surface area contributed by atoms with Gasteiger partial charge in [0.15, 0.2) is 5.65 Å². The SMILES string of the molecule is CO[C@H]1C[C@@H]2CC[C@@H](C)[C@@](O)(O2)C(=O)C(=O)N2CCCC[C@H]2C(=O)O[C@H]([C@H](C)C[C@@H]2CC[C@@H](O)[C@H](OC)C2)C[C@@H](O)[C@H](C)/C=C(\C)[C@@H](O)[C@@H](OC)C(=COCc2cn(CCOCCOCCOCCOCCOCCOCCOCCOCCC(=O)CCCCCn3nc(-c4cnc5[nH]ccc5c4)c4c(N)ncnc43)nn2)[C@H](C)C[C@H](C)/C=C/C=C/C=C/1C. The number of amides is 1. The Morgan fingerprint density at radius 1 is 0.726 bits per heavy atom. The van der Waals surface area contributed by atoms with Gasteiger partial charge in [0.05, 0.1) is 161 Å². The summed E-state index contributed by atoms with van der Waals surface area (Å²) in [5, 5.41) is 62.6. The summed E-state index contributed by atoms with van der Waals surface area (Å²) >= 11 is 0. The van der Waals surface area contributed by atoms with Crippen molar-refractivity contribution < 1.29 is 106 Å². The molecule has 0 radical (unpaired) electrons. The second kappa shape index (κ2) is 53.2. The van der Waals surface area contributed by atoms with E-state index >= 15 is 0 Å². The van der Waals surface area contributed by atoms with Gasteiger partial charge < -0.3 is 102 Å². The number of piperidine rings is 1. The van der Waals surface area contributed by atoms with E-state index in [4.69, 9.17) is 77.1 Å². The maximum absolute atomic E-state index is 14.7. The number of nitrogen functional groups attached to an aromatic ring is 1. The number of hydrogen-bond acceptors (Lipinski definition) is 29. The highest BCUT2D eigenvalue weighted by atomic mass is 16.6. The Hall–Kier alpha value is -7.68. The van der Waals surface area contributed by atoms with Crippen molar-refractivity contribution in [1.82, 2.24) is 49.6 Å². The minimum atomic E-state index is -2.45. The summed E-state index contributed by atoms with van der Waals surface area (Å²) in [4.78, 5) is 73.8. The summed E-state index contributed by atoms with van der Waals surface area (Å²) in [6.45, 7) is 21.1. The molecule has 3 fully saturated rings. The molecule has 2 saturated heterocycles. The number of carbonyl (C=O) groups is 4. The van der Waals surface area contributed by atoms with Gasteiger partial charge in [-0.2, -0.15) is 5.10 Å². The zero-order chi connectivity index (χ0) is 88.8. The fourth-order valence-electron chi connectivity index (χ4n) is 16.6. The van der Waals surface area contributed by atoms with E-state index in [0.717, 1.165) is 47.9 Å². The molecule has 4 aliphatic rings. The average molecular weight is 1740 g/mol. The van der Waals surface area contributed by atoms with Gasteiger partial charge in [0.2, 0.25) is 5.79 Å². The fourth-order valence-corrected chi connectivity index (χ4v) is 16.6. The van der Waals surface area contributed by atoms with Gasteiger partial charge in [-0.3, -0.25) is 14.4 Å². The van der Waals surface area contributed by atoms with Gasteiger partial charge in [0, 0.05) is 95.3 Å². The molecule has 5 aromatic heterocycles. The Morgan fingerprint density at radius 2 is 1.41 bits per heavy atom. The number of anilines is 1. The van der Waals surface area contributed by atoms with Gasteiger partial charge in [-0.05, 0) is 143 Å². The van der Waals surface area contributed by atoms with E-state index < -0.39 is 84.1 Å². The number of methoxy groups -OCH3 is 3. The lowest BCUT2D eigenvalue weighted by atomic mass is 9.78. The number of rotatable bonds is 43. The van der Waals surface area contributed by atoms with Crippen molar-refractivity contribution in [3.05, 3.63) is 102 Å². The monoisotopic (exact) mass is 1740 g/mol. The molecule has 7 N–H and O–H groups in total. The number of fused-ring (bicyclic) bond motifs is 5. The number of cyclic esters (lactones) is 1. The van der Waals surface area contributed by atoms with Gasteiger partial charge in [-0.25, -0.2) is 29.1 Å². The number of esters is 1. The first-order valence-electron chi connectivity index (χ1n) is 44.5. The molecule has 0 aromatic carbocycles. The summed E-state index contributed by atoms with van der Waals surface area (Å²) in [6.07, 6.45) is 23.1. The van der Waals surface area contributed by atoms with Crippen LogP contribution in [0.2, 0.25) is 0 Å². The number of nitrogens with two attached hydrogens (primary N) is 1. The predicted molar refractivity (Wildman–Crippen MR) is 463 cm³/mol. The van der Waals surface area contributed by atoms with E-state index in [2.05, 4.69) is 50.2 Å². The molecule has 0 spiro atoms. The highest BCUT2D eigenvalue weighted by Crippen LogP contribution is 2.40. The number of Topliss-reactive ketones (excluding diaryl/α,β-unsaturated/α-hetero) is 2.